The van der Waals surface area contributed by atoms with Gasteiger partial charge in [0, 0.05) is 23.6 Å². The fourth-order valence-electron chi connectivity index (χ4n) is 3.94. The molecule has 1 aliphatic heterocycles. The van der Waals surface area contributed by atoms with Crippen LogP contribution < -0.4 is 18.9 Å². The quantitative estimate of drug-likeness (QED) is 0.477. The van der Waals surface area contributed by atoms with Crippen molar-refractivity contribution in [1.82, 2.24) is 4.41 Å². The van der Waals surface area contributed by atoms with Gasteiger partial charge in [-0.3, -0.25) is 0 Å². The first-order chi connectivity index (χ1) is 16.4. The maximum absolute atomic E-state index is 13.7. The molecule has 0 aromatic heterocycles. The van der Waals surface area contributed by atoms with Gasteiger partial charge < -0.3 is 18.9 Å². The minimum atomic E-state index is -3.97. The molecule has 8 nitrogen and oxygen atoms in total. The third-order valence-electron chi connectivity index (χ3n) is 5.68. The van der Waals surface area contributed by atoms with Gasteiger partial charge in [-0.25, -0.2) is 0 Å². The lowest BCUT2D eigenvalue weighted by atomic mass is 9.97. The van der Waals surface area contributed by atoms with Crippen LogP contribution in [-0.2, 0) is 10.0 Å². The monoisotopic (exact) mass is 482 g/mol. The van der Waals surface area contributed by atoms with Crippen molar-refractivity contribution in [2.75, 3.05) is 28.4 Å². The van der Waals surface area contributed by atoms with Gasteiger partial charge in [0.05, 0.1) is 45.1 Å². The van der Waals surface area contributed by atoms with Gasteiger partial charge in [0.25, 0.3) is 10.0 Å². The number of methoxy groups -OCH3 is 4. The molecule has 0 saturated carbocycles. The van der Waals surface area contributed by atoms with E-state index >= 15 is 0 Å². The molecule has 1 aliphatic rings. The van der Waals surface area contributed by atoms with E-state index in [1.54, 1.807) is 89.1 Å². The molecule has 0 aliphatic carbocycles. The van der Waals surface area contributed by atoms with Crippen molar-refractivity contribution in [3.05, 3.63) is 77.9 Å². The van der Waals surface area contributed by atoms with Gasteiger partial charge in [-0.15, -0.1) is 0 Å². The van der Waals surface area contributed by atoms with Crippen molar-refractivity contribution < 1.29 is 27.4 Å². The molecule has 0 spiro atoms. The number of benzene rings is 3. The van der Waals surface area contributed by atoms with E-state index in [4.69, 9.17) is 18.9 Å². The van der Waals surface area contributed by atoms with Crippen LogP contribution in [0, 0.1) is 0 Å². The normalized spacial score (nSPS) is 15.6. The molecule has 34 heavy (non-hydrogen) atoms. The predicted octanol–water partition coefficient (Wildman–Crippen LogP) is 4.26. The summed E-state index contributed by atoms with van der Waals surface area (Å²) in [6.07, 6.45) is 0.304. The van der Waals surface area contributed by atoms with E-state index in [0.29, 0.717) is 46.3 Å². The highest BCUT2D eigenvalue weighted by molar-refractivity contribution is 7.89. The molecule has 3 aromatic carbocycles. The van der Waals surface area contributed by atoms with Gasteiger partial charge in [0.15, 0.2) is 0 Å². The van der Waals surface area contributed by atoms with E-state index in [0.717, 1.165) is 4.41 Å². The first-order valence-electron chi connectivity index (χ1n) is 10.5. The van der Waals surface area contributed by atoms with Crippen molar-refractivity contribution in [3.63, 3.8) is 0 Å². The predicted molar refractivity (Wildman–Crippen MR) is 128 cm³/mol. The van der Waals surface area contributed by atoms with E-state index in [1.807, 2.05) is 6.07 Å². The zero-order valence-electron chi connectivity index (χ0n) is 19.4. The molecule has 0 N–H and O–H groups in total. The molecule has 0 radical (unpaired) electrons. The minimum absolute atomic E-state index is 0.147. The number of sulfonamides is 1. The Bertz CT molecular complexity index is 1310. The summed E-state index contributed by atoms with van der Waals surface area (Å²) in [5.41, 5.74) is 1.89. The molecule has 0 amide bonds. The molecule has 0 bridgehead atoms. The molecule has 0 fully saturated rings. The third kappa shape index (κ3) is 4.26. The Labute approximate surface area is 199 Å². The highest BCUT2D eigenvalue weighted by Gasteiger charge is 2.40. The summed E-state index contributed by atoms with van der Waals surface area (Å²) in [5.74, 6) is 2.29. The van der Waals surface area contributed by atoms with Gasteiger partial charge in [-0.1, -0.05) is 18.2 Å². The second-order valence-electron chi connectivity index (χ2n) is 7.53. The molecular weight excluding hydrogens is 456 g/mol. The van der Waals surface area contributed by atoms with Crippen molar-refractivity contribution in [2.24, 2.45) is 5.10 Å². The first-order valence-corrected chi connectivity index (χ1v) is 12.0. The Morgan fingerprint density at radius 1 is 0.794 bits per heavy atom. The van der Waals surface area contributed by atoms with Crippen molar-refractivity contribution >= 4 is 15.7 Å². The highest BCUT2D eigenvalue weighted by Crippen LogP contribution is 2.43. The summed E-state index contributed by atoms with van der Waals surface area (Å²) in [5, 5.41) is 4.60. The number of rotatable bonds is 8. The van der Waals surface area contributed by atoms with Gasteiger partial charge in [0.1, 0.15) is 23.0 Å². The summed E-state index contributed by atoms with van der Waals surface area (Å²) in [4.78, 5) is 0.147. The van der Waals surface area contributed by atoms with Gasteiger partial charge in [0.2, 0.25) is 0 Å². The summed E-state index contributed by atoms with van der Waals surface area (Å²) in [6.45, 7) is 0. The van der Waals surface area contributed by atoms with E-state index in [1.165, 1.54) is 0 Å². The van der Waals surface area contributed by atoms with E-state index in [9.17, 15) is 8.42 Å². The highest BCUT2D eigenvalue weighted by atomic mass is 32.2. The average molecular weight is 483 g/mol. The smallest absolute Gasteiger partial charge is 0.279 e. The fourth-order valence-corrected chi connectivity index (χ4v) is 5.39. The Balaban J connectivity index is 1.88. The first kappa shape index (κ1) is 23.4. The van der Waals surface area contributed by atoms with Gasteiger partial charge >= 0.3 is 0 Å². The van der Waals surface area contributed by atoms with Crippen LogP contribution in [0.15, 0.2) is 76.7 Å². The number of hydrogen-bond donors (Lipinski definition) is 0. The van der Waals surface area contributed by atoms with Crippen molar-refractivity contribution in [1.29, 1.82) is 0 Å². The van der Waals surface area contributed by atoms with Crippen LogP contribution >= 0.6 is 0 Å². The maximum Gasteiger partial charge on any atom is 0.279 e. The maximum atomic E-state index is 13.7. The number of hydrogen-bond acceptors (Lipinski definition) is 7. The van der Waals surface area contributed by atoms with Crippen LogP contribution in [0.25, 0.3) is 0 Å². The van der Waals surface area contributed by atoms with Crippen LogP contribution in [-0.4, -0.2) is 47.0 Å². The average Bonchev–Trinajstić information content (AvgIpc) is 3.34. The zero-order chi connectivity index (χ0) is 24.3. The zero-order valence-corrected chi connectivity index (χ0v) is 20.2. The topological polar surface area (TPSA) is 86.7 Å². The molecule has 1 atom stereocenters. The van der Waals surface area contributed by atoms with Gasteiger partial charge in [-0.05, 0) is 42.5 Å². The van der Waals surface area contributed by atoms with Crippen LogP contribution in [0.3, 0.4) is 0 Å². The molecule has 178 valence electrons. The molecule has 0 unspecified atom stereocenters. The third-order valence-corrected chi connectivity index (χ3v) is 7.37. The van der Waals surface area contributed by atoms with Crippen LogP contribution in [0.5, 0.6) is 23.0 Å². The largest absolute Gasteiger partial charge is 0.497 e. The summed E-state index contributed by atoms with van der Waals surface area (Å²) in [7, 11) is 2.26. The number of ether oxygens (including phenoxy) is 4. The fraction of sp³-hybridized carbons (Fsp3) is 0.240. The molecule has 9 heteroatoms. The molecule has 3 aromatic rings. The lowest BCUT2D eigenvalue weighted by Crippen LogP contribution is -2.27. The minimum Gasteiger partial charge on any atom is -0.497 e. The molecule has 1 heterocycles. The number of nitrogens with zero attached hydrogens (tertiary/aromatic N) is 2. The molecule has 0 saturated heterocycles. The number of hydrazone groups is 1. The Kier molecular flexibility index (Phi) is 6.65. The summed E-state index contributed by atoms with van der Waals surface area (Å²) < 4.78 is 50.4. The van der Waals surface area contributed by atoms with Crippen molar-refractivity contribution in [3.8, 4) is 23.0 Å². The van der Waals surface area contributed by atoms with Crippen LogP contribution in [0.2, 0.25) is 0 Å². The van der Waals surface area contributed by atoms with E-state index in [-0.39, 0.29) is 4.90 Å². The lowest BCUT2D eigenvalue weighted by molar-refractivity contribution is 0.346. The van der Waals surface area contributed by atoms with E-state index in [2.05, 4.69) is 5.10 Å². The Morgan fingerprint density at radius 3 is 2.09 bits per heavy atom. The summed E-state index contributed by atoms with van der Waals surface area (Å²) >= 11 is 0. The molecular formula is C25H26N2O6S. The second kappa shape index (κ2) is 9.64. The second-order valence-corrected chi connectivity index (χ2v) is 9.33. The van der Waals surface area contributed by atoms with Gasteiger partial charge in [-0.2, -0.15) is 17.9 Å². The van der Waals surface area contributed by atoms with Crippen LogP contribution in [0.4, 0.5) is 0 Å². The lowest BCUT2D eigenvalue weighted by Gasteiger charge is -2.25. The van der Waals surface area contributed by atoms with E-state index < -0.39 is 16.1 Å². The standard InChI is InChI=1S/C25H26N2O6S/c1-30-17-11-13-24(32-3)21(14-17)23-16-22(20-12-10-18(31-2)15-25(20)33-4)26-27(23)34(28,29)19-8-6-5-7-9-19/h5-15,23H,16H2,1-4H3/t23-/m1/s1. The SMILES string of the molecule is COc1ccc(C2=NN(S(=O)(=O)c3ccccc3)[C@@H](c3cc(OC)ccc3OC)C2)c(OC)c1. The van der Waals surface area contributed by atoms with Crippen molar-refractivity contribution in [2.45, 2.75) is 17.4 Å². The Morgan fingerprint density at radius 2 is 1.44 bits per heavy atom. The summed E-state index contributed by atoms with van der Waals surface area (Å²) in [6, 6.07) is 18.2. The Hall–Kier alpha value is -3.72. The van der Waals surface area contributed by atoms with Crippen LogP contribution in [0.1, 0.15) is 23.6 Å². The molecule has 4 rings (SSSR count).